The van der Waals surface area contributed by atoms with Gasteiger partial charge in [0.2, 0.25) is 0 Å². The van der Waals surface area contributed by atoms with Gasteiger partial charge in [0.15, 0.2) is 0 Å². The van der Waals surface area contributed by atoms with Gasteiger partial charge in [0.25, 0.3) is 0 Å². The lowest BCUT2D eigenvalue weighted by Gasteiger charge is -2.25. The van der Waals surface area contributed by atoms with Gasteiger partial charge in [0.1, 0.15) is 12.2 Å². The second-order valence-corrected chi connectivity index (χ2v) is 5.70. The van der Waals surface area contributed by atoms with E-state index in [1.165, 1.54) is 0 Å². The SMILES string of the molecule is C=C(C)C(=O)OCCC(=C)C(=O)OC1CCC2CC1OC2=O. The van der Waals surface area contributed by atoms with Crippen LogP contribution in [0.3, 0.4) is 0 Å². The third-order valence-corrected chi connectivity index (χ3v) is 3.86. The van der Waals surface area contributed by atoms with E-state index in [9.17, 15) is 14.4 Å². The summed E-state index contributed by atoms with van der Waals surface area (Å²) in [6.45, 7) is 8.70. The van der Waals surface area contributed by atoms with Gasteiger partial charge in [-0.25, -0.2) is 9.59 Å². The maximum absolute atomic E-state index is 12.0. The maximum Gasteiger partial charge on any atom is 0.333 e. The topological polar surface area (TPSA) is 78.9 Å². The molecule has 0 radical (unpaired) electrons. The minimum Gasteiger partial charge on any atom is -0.462 e. The molecule has 1 aliphatic heterocycles. The Balaban J connectivity index is 1.75. The standard InChI is InChI=1S/C16H20O6/c1-9(2)14(17)20-7-6-10(3)15(18)21-12-5-4-11-8-13(12)22-16(11)19/h11-13H,1,3-8H2,2H3. The molecule has 3 atom stereocenters. The lowest BCUT2D eigenvalue weighted by atomic mass is 9.88. The Morgan fingerprint density at radius 3 is 2.68 bits per heavy atom. The molecule has 0 aromatic carbocycles. The highest BCUT2D eigenvalue weighted by Crippen LogP contribution is 2.36. The van der Waals surface area contributed by atoms with Gasteiger partial charge in [-0.05, 0) is 19.8 Å². The maximum atomic E-state index is 12.0. The van der Waals surface area contributed by atoms with E-state index >= 15 is 0 Å². The van der Waals surface area contributed by atoms with Crippen molar-refractivity contribution in [2.45, 2.75) is 44.8 Å². The second-order valence-electron chi connectivity index (χ2n) is 5.70. The molecule has 0 amide bonds. The van der Waals surface area contributed by atoms with Gasteiger partial charge in [-0.1, -0.05) is 13.2 Å². The number of ether oxygens (including phenoxy) is 3. The number of hydrogen-bond acceptors (Lipinski definition) is 6. The summed E-state index contributed by atoms with van der Waals surface area (Å²) in [5.41, 5.74) is 0.522. The van der Waals surface area contributed by atoms with Gasteiger partial charge in [0, 0.05) is 24.0 Å². The van der Waals surface area contributed by atoms with Crippen LogP contribution in [0.2, 0.25) is 0 Å². The summed E-state index contributed by atoms with van der Waals surface area (Å²) in [5.74, 6) is -1.30. The lowest BCUT2D eigenvalue weighted by Crippen LogP contribution is -2.34. The largest absolute Gasteiger partial charge is 0.462 e. The minimum absolute atomic E-state index is 0.0464. The number of hydrogen-bond donors (Lipinski definition) is 0. The summed E-state index contributed by atoms with van der Waals surface area (Å²) in [7, 11) is 0. The number of carbonyl (C=O) groups excluding carboxylic acids is 3. The molecule has 1 saturated carbocycles. The summed E-state index contributed by atoms with van der Waals surface area (Å²) in [6.07, 6.45) is 1.34. The van der Waals surface area contributed by atoms with Crippen molar-refractivity contribution in [2.24, 2.45) is 5.92 Å². The number of carbonyl (C=O) groups is 3. The van der Waals surface area contributed by atoms with Gasteiger partial charge in [-0.15, -0.1) is 0 Å². The predicted molar refractivity (Wildman–Crippen MR) is 76.6 cm³/mol. The average molecular weight is 308 g/mol. The minimum atomic E-state index is -0.544. The van der Waals surface area contributed by atoms with Crippen LogP contribution in [0.1, 0.15) is 32.6 Å². The van der Waals surface area contributed by atoms with Crippen LogP contribution in [0, 0.1) is 5.92 Å². The fourth-order valence-corrected chi connectivity index (χ4v) is 2.53. The predicted octanol–water partition coefficient (Wildman–Crippen LogP) is 1.69. The fourth-order valence-electron chi connectivity index (χ4n) is 2.53. The zero-order chi connectivity index (χ0) is 16.3. The van der Waals surface area contributed by atoms with E-state index in [1.54, 1.807) is 6.92 Å². The summed E-state index contributed by atoms with van der Waals surface area (Å²) >= 11 is 0. The Kier molecular flexibility index (Phi) is 5.00. The molecule has 22 heavy (non-hydrogen) atoms. The normalized spacial score (nSPS) is 26.0. The van der Waals surface area contributed by atoms with E-state index in [1.807, 2.05) is 0 Å². The quantitative estimate of drug-likeness (QED) is 0.422. The van der Waals surface area contributed by atoms with E-state index in [0.717, 1.165) is 0 Å². The van der Waals surface area contributed by atoms with Gasteiger partial charge >= 0.3 is 17.9 Å². The summed E-state index contributed by atoms with van der Waals surface area (Å²) in [6, 6.07) is 0. The zero-order valence-electron chi connectivity index (χ0n) is 12.6. The van der Waals surface area contributed by atoms with Crippen LogP contribution < -0.4 is 0 Å². The van der Waals surface area contributed by atoms with Crippen LogP contribution in [-0.4, -0.2) is 36.7 Å². The molecule has 3 unspecified atom stereocenters. The van der Waals surface area contributed by atoms with Gasteiger partial charge in [-0.2, -0.15) is 0 Å². The molecule has 1 saturated heterocycles. The van der Waals surface area contributed by atoms with Crippen molar-refractivity contribution in [3.8, 4) is 0 Å². The first kappa shape index (κ1) is 16.3. The molecule has 2 rings (SSSR count). The molecular formula is C16H20O6. The highest BCUT2D eigenvalue weighted by molar-refractivity contribution is 5.88. The highest BCUT2D eigenvalue weighted by atomic mass is 16.6. The van der Waals surface area contributed by atoms with Crippen molar-refractivity contribution in [3.63, 3.8) is 0 Å². The number of rotatable bonds is 6. The Morgan fingerprint density at radius 1 is 1.27 bits per heavy atom. The van der Waals surface area contributed by atoms with Crippen LogP contribution in [0.25, 0.3) is 0 Å². The first-order chi connectivity index (χ1) is 10.4. The summed E-state index contributed by atoms with van der Waals surface area (Å²) in [4.78, 5) is 34.6. The smallest absolute Gasteiger partial charge is 0.333 e. The highest BCUT2D eigenvalue weighted by Gasteiger charge is 2.45. The Hall–Kier alpha value is -2.11. The Labute approximate surface area is 129 Å². The first-order valence-corrected chi connectivity index (χ1v) is 7.30. The molecule has 1 aliphatic carbocycles. The third-order valence-electron chi connectivity index (χ3n) is 3.86. The molecule has 0 spiro atoms. The third kappa shape index (κ3) is 3.75. The second kappa shape index (κ2) is 6.77. The van der Waals surface area contributed by atoms with E-state index < -0.39 is 18.0 Å². The molecule has 6 nitrogen and oxygen atoms in total. The van der Waals surface area contributed by atoms with Crippen LogP contribution in [0.4, 0.5) is 0 Å². The lowest BCUT2D eigenvalue weighted by molar-refractivity contribution is -0.157. The molecule has 0 N–H and O–H groups in total. The van der Waals surface area contributed by atoms with E-state index in [2.05, 4.69) is 13.2 Å². The molecule has 0 aromatic rings. The van der Waals surface area contributed by atoms with Crippen molar-refractivity contribution >= 4 is 17.9 Å². The molecule has 2 bridgehead atoms. The average Bonchev–Trinajstić information content (AvgIpc) is 2.77. The number of fused-ring (bicyclic) bond motifs is 2. The van der Waals surface area contributed by atoms with Gasteiger partial charge < -0.3 is 14.2 Å². The van der Waals surface area contributed by atoms with Crippen molar-refractivity contribution in [1.82, 2.24) is 0 Å². The van der Waals surface area contributed by atoms with Crippen molar-refractivity contribution in [3.05, 3.63) is 24.3 Å². The Bertz CT molecular complexity index is 521. The van der Waals surface area contributed by atoms with Gasteiger partial charge in [-0.3, -0.25) is 4.79 Å². The monoisotopic (exact) mass is 308 g/mol. The first-order valence-electron chi connectivity index (χ1n) is 7.30. The van der Waals surface area contributed by atoms with Crippen LogP contribution >= 0.6 is 0 Å². The zero-order valence-corrected chi connectivity index (χ0v) is 12.6. The van der Waals surface area contributed by atoms with Crippen molar-refractivity contribution in [2.75, 3.05) is 6.61 Å². The van der Waals surface area contributed by atoms with Crippen LogP contribution in [0.15, 0.2) is 24.3 Å². The molecule has 120 valence electrons. The van der Waals surface area contributed by atoms with Gasteiger partial charge in [0.05, 0.1) is 12.5 Å². The molecule has 2 aliphatic rings. The number of esters is 3. The Morgan fingerprint density at radius 2 is 2.00 bits per heavy atom. The molecule has 2 fully saturated rings. The van der Waals surface area contributed by atoms with Crippen molar-refractivity contribution in [1.29, 1.82) is 0 Å². The molecular weight excluding hydrogens is 288 g/mol. The van der Waals surface area contributed by atoms with Crippen LogP contribution in [0.5, 0.6) is 0 Å². The fraction of sp³-hybridized carbons (Fsp3) is 0.562. The van der Waals surface area contributed by atoms with E-state index in [-0.39, 0.29) is 36.6 Å². The van der Waals surface area contributed by atoms with E-state index in [0.29, 0.717) is 24.8 Å². The van der Waals surface area contributed by atoms with E-state index in [4.69, 9.17) is 14.2 Å². The van der Waals surface area contributed by atoms with Crippen LogP contribution in [-0.2, 0) is 28.6 Å². The molecule has 6 heteroatoms. The molecule has 0 aromatic heterocycles. The summed E-state index contributed by atoms with van der Waals surface area (Å²) in [5, 5.41) is 0. The summed E-state index contributed by atoms with van der Waals surface area (Å²) < 4.78 is 15.5. The molecule has 1 heterocycles. The van der Waals surface area contributed by atoms with Crippen molar-refractivity contribution < 1.29 is 28.6 Å².